The minimum atomic E-state index is -0.499. The first kappa shape index (κ1) is 12.3. The van der Waals surface area contributed by atoms with Gasteiger partial charge in [0.05, 0.1) is 16.7 Å². The van der Waals surface area contributed by atoms with Gasteiger partial charge in [-0.1, -0.05) is 12.1 Å². The molecular formula is C12H13BrFN3. The van der Waals surface area contributed by atoms with Gasteiger partial charge in [0.25, 0.3) is 0 Å². The van der Waals surface area contributed by atoms with E-state index >= 15 is 0 Å². The Kier molecular flexibility index (Phi) is 3.31. The summed E-state index contributed by atoms with van der Waals surface area (Å²) in [5.41, 5.74) is 8.33. The Morgan fingerprint density at radius 3 is 2.71 bits per heavy atom. The fourth-order valence-electron chi connectivity index (χ4n) is 1.75. The maximum Gasteiger partial charge on any atom is 0.142 e. The summed E-state index contributed by atoms with van der Waals surface area (Å²) in [6.07, 6.45) is 1.68. The van der Waals surface area contributed by atoms with Crippen molar-refractivity contribution in [3.05, 3.63) is 51.5 Å². The molecule has 0 bridgehead atoms. The number of aromatic nitrogens is 2. The minimum absolute atomic E-state index is 0.316. The highest BCUT2D eigenvalue weighted by molar-refractivity contribution is 9.10. The van der Waals surface area contributed by atoms with Gasteiger partial charge in [-0.15, -0.1) is 0 Å². The summed E-state index contributed by atoms with van der Waals surface area (Å²) in [7, 11) is 1.84. The molecule has 2 N–H and O–H groups in total. The van der Waals surface area contributed by atoms with E-state index < -0.39 is 6.04 Å². The van der Waals surface area contributed by atoms with Gasteiger partial charge in [-0.25, -0.2) is 4.39 Å². The van der Waals surface area contributed by atoms with E-state index in [2.05, 4.69) is 21.0 Å². The minimum Gasteiger partial charge on any atom is -0.320 e. The number of hydrogen-bond acceptors (Lipinski definition) is 2. The van der Waals surface area contributed by atoms with E-state index in [-0.39, 0.29) is 5.82 Å². The standard InChI is InChI=1S/C12H13BrFN3/c1-7-9(6-16-17(7)2)12(15)8-4-3-5-10(13)11(8)14/h3-6,12H,15H2,1-2H3. The van der Waals surface area contributed by atoms with Crippen LogP contribution in [0.2, 0.25) is 0 Å². The first-order valence-electron chi connectivity index (χ1n) is 5.20. The quantitative estimate of drug-likeness (QED) is 0.926. The summed E-state index contributed by atoms with van der Waals surface area (Å²) < 4.78 is 16.1. The molecule has 0 saturated heterocycles. The first-order chi connectivity index (χ1) is 8.02. The molecule has 1 aromatic heterocycles. The van der Waals surface area contributed by atoms with Gasteiger partial charge >= 0.3 is 0 Å². The summed E-state index contributed by atoms with van der Waals surface area (Å²) in [6.45, 7) is 1.91. The van der Waals surface area contributed by atoms with Crippen molar-refractivity contribution in [3.8, 4) is 0 Å². The van der Waals surface area contributed by atoms with Crippen molar-refractivity contribution in [1.29, 1.82) is 0 Å². The van der Waals surface area contributed by atoms with Gasteiger partial charge in [0.15, 0.2) is 0 Å². The lowest BCUT2D eigenvalue weighted by Crippen LogP contribution is -2.14. The SMILES string of the molecule is Cc1c(C(N)c2cccc(Br)c2F)cnn1C. The molecule has 0 radical (unpaired) electrons. The van der Waals surface area contributed by atoms with Crippen molar-refractivity contribution < 1.29 is 4.39 Å². The maximum absolute atomic E-state index is 13.9. The summed E-state index contributed by atoms with van der Waals surface area (Å²) in [5.74, 6) is -0.316. The molecule has 0 aliphatic carbocycles. The third-order valence-corrected chi connectivity index (χ3v) is 3.54. The third-order valence-electron chi connectivity index (χ3n) is 2.92. The molecule has 0 fully saturated rings. The Labute approximate surface area is 108 Å². The van der Waals surface area contributed by atoms with E-state index in [1.807, 2.05) is 14.0 Å². The number of hydrogen-bond donors (Lipinski definition) is 1. The molecule has 0 saturated carbocycles. The zero-order valence-corrected chi connectivity index (χ0v) is 11.2. The van der Waals surface area contributed by atoms with Gasteiger partial charge in [-0.05, 0) is 28.9 Å². The van der Waals surface area contributed by atoms with Gasteiger partial charge in [-0.2, -0.15) is 5.10 Å². The highest BCUT2D eigenvalue weighted by Crippen LogP contribution is 2.27. The van der Waals surface area contributed by atoms with Crippen LogP contribution < -0.4 is 5.73 Å². The molecule has 1 aromatic carbocycles. The van der Waals surface area contributed by atoms with Crippen LogP contribution in [0, 0.1) is 12.7 Å². The lowest BCUT2D eigenvalue weighted by molar-refractivity contribution is 0.592. The second-order valence-electron chi connectivity index (χ2n) is 3.93. The van der Waals surface area contributed by atoms with E-state index in [1.54, 1.807) is 29.1 Å². The van der Waals surface area contributed by atoms with Crippen molar-refractivity contribution in [3.63, 3.8) is 0 Å². The molecule has 0 aliphatic heterocycles. The molecule has 17 heavy (non-hydrogen) atoms. The Morgan fingerprint density at radius 1 is 1.41 bits per heavy atom. The van der Waals surface area contributed by atoms with E-state index in [0.29, 0.717) is 10.0 Å². The van der Waals surface area contributed by atoms with Crippen LogP contribution in [0.3, 0.4) is 0 Å². The van der Waals surface area contributed by atoms with Gasteiger partial charge in [0.1, 0.15) is 5.82 Å². The highest BCUT2D eigenvalue weighted by Gasteiger charge is 2.18. The molecule has 1 unspecified atom stereocenters. The van der Waals surface area contributed by atoms with E-state index in [4.69, 9.17) is 5.73 Å². The Hall–Kier alpha value is -1.20. The molecule has 2 aromatic rings. The van der Waals surface area contributed by atoms with Gasteiger partial charge in [0.2, 0.25) is 0 Å². The van der Waals surface area contributed by atoms with Crippen LogP contribution in [0.5, 0.6) is 0 Å². The van der Waals surface area contributed by atoms with Crippen molar-refractivity contribution in [1.82, 2.24) is 9.78 Å². The zero-order valence-electron chi connectivity index (χ0n) is 9.61. The zero-order chi connectivity index (χ0) is 12.6. The van der Waals surface area contributed by atoms with Gasteiger partial charge in [-0.3, -0.25) is 4.68 Å². The number of halogens is 2. The van der Waals surface area contributed by atoms with Gasteiger partial charge < -0.3 is 5.73 Å². The molecule has 1 heterocycles. The van der Waals surface area contributed by atoms with Crippen LogP contribution in [0.25, 0.3) is 0 Å². The summed E-state index contributed by atoms with van der Waals surface area (Å²) in [5, 5.41) is 4.12. The number of rotatable bonds is 2. The smallest absolute Gasteiger partial charge is 0.142 e. The van der Waals surface area contributed by atoms with Crippen LogP contribution in [0.4, 0.5) is 4.39 Å². The Balaban J connectivity index is 2.47. The summed E-state index contributed by atoms with van der Waals surface area (Å²) in [4.78, 5) is 0. The fourth-order valence-corrected chi connectivity index (χ4v) is 2.13. The second kappa shape index (κ2) is 4.58. The van der Waals surface area contributed by atoms with E-state index in [0.717, 1.165) is 11.3 Å². The summed E-state index contributed by atoms with van der Waals surface area (Å²) in [6, 6.07) is 4.62. The molecular weight excluding hydrogens is 285 g/mol. The molecule has 2 rings (SSSR count). The number of benzene rings is 1. The van der Waals surface area contributed by atoms with E-state index in [1.165, 1.54) is 0 Å². The predicted molar refractivity (Wildman–Crippen MR) is 68.1 cm³/mol. The largest absolute Gasteiger partial charge is 0.320 e. The average molecular weight is 298 g/mol. The Bertz CT molecular complexity index is 551. The van der Waals surface area contributed by atoms with Crippen molar-refractivity contribution in [2.24, 2.45) is 12.8 Å². The fraction of sp³-hybridized carbons (Fsp3) is 0.250. The third kappa shape index (κ3) is 2.12. The molecule has 0 aliphatic rings. The molecule has 90 valence electrons. The van der Waals surface area contributed by atoms with Crippen LogP contribution in [0.1, 0.15) is 22.9 Å². The van der Waals surface area contributed by atoms with Crippen LogP contribution in [0.15, 0.2) is 28.9 Å². The molecule has 1 atom stereocenters. The predicted octanol–water partition coefficient (Wildman–Crippen LogP) is 2.68. The lowest BCUT2D eigenvalue weighted by atomic mass is 10.00. The lowest BCUT2D eigenvalue weighted by Gasteiger charge is -2.13. The van der Waals surface area contributed by atoms with Crippen LogP contribution in [-0.2, 0) is 7.05 Å². The first-order valence-corrected chi connectivity index (χ1v) is 5.99. The van der Waals surface area contributed by atoms with Crippen LogP contribution >= 0.6 is 15.9 Å². The van der Waals surface area contributed by atoms with E-state index in [9.17, 15) is 4.39 Å². The molecule has 5 heteroatoms. The monoisotopic (exact) mass is 297 g/mol. The van der Waals surface area contributed by atoms with Crippen LogP contribution in [-0.4, -0.2) is 9.78 Å². The molecule has 0 spiro atoms. The number of nitrogens with zero attached hydrogens (tertiary/aromatic N) is 2. The molecule has 3 nitrogen and oxygen atoms in total. The van der Waals surface area contributed by atoms with Gasteiger partial charge in [0, 0.05) is 23.9 Å². The average Bonchev–Trinajstić information content (AvgIpc) is 2.63. The Morgan fingerprint density at radius 2 is 2.12 bits per heavy atom. The topological polar surface area (TPSA) is 43.8 Å². The number of aryl methyl sites for hydroxylation is 1. The number of nitrogens with two attached hydrogens (primary N) is 1. The second-order valence-corrected chi connectivity index (χ2v) is 4.78. The molecule has 0 amide bonds. The van der Waals surface area contributed by atoms with Crippen molar-refractivity contribution >= 4 is 15.9 Å². The van der Waals surface area contributed by atoms with Crippen molar-refractivity contribution in [2.45, 2.75) is 13.0 Å². The highest BCUT2D eigenvalue weighted by atomic mass is 79.9. The van der Waals surface area contributed by atoms with Crippen molar-refractivity contribution in [2.75, 3.05) is 0 Å². The maximum atomic E-state index is 13.9. The summed E-state index contributed by atoms with van der Waals surface area (Å²) >= 11 is 3.16. The normalized spacial score (nSPS) is 12.8.